The maximum atomic E-state index is 13.5. The van der Waals surface area contributed by atoms with Crippen LogP contribution in [-0.4, -0.2) is 90.2 Å². The van der Waals surface area contributed by atoms with Gasteiger partial charge in [-0.3, -0.25) is 14.5 Å². The molecule has 0 bridgehead atoms. The first-order chi connectivity index (χ1) is 18.8. The van der Waals surface area contributed by atoms with Crippen molar-refractivity contribution >= 4 is 23.4 Å². The third-order valence-electron chi connectivity index (χ3n) is 7.02. The van der Waals surface area contributed by atoms with E-state index < -0.39 is 23.7 Å². The molecule has 1 amide bonds. The largest absolute Gasteiger partial charge is 0.507 e. The monoisotopic (exact) mass is 537 g/mol. The number of aryl methyl sites for hydroxylation is 1. The quantitative estimate of drug-likeness (QED) is 0.156. The molecule has 0 spiro atoms. The lowest BCUT2D eigenvalue weighted by atomic mass is 9.94. The topological polar surface area (TPSA) is 121 Å². The first-order valence-electron chi connectivity index (χ1n) is 13.1. The maximum absolute atomic E-state index is 13.5. The summed E-state index contributed by atoms with van der Waals surface area (Å²) in [6.45, 7) is 12.8. The van der Waals surface area contributed by atoms with E-state index in [1.54, 1.807) is 51.1 Å². The molecule has 1 unspecified atom stereocenters. The van der Waals surface area contributed by atoms with Gasteiger partial charge in [-0.15, -0.1) is 0 Å². The highest BCUT2D eigenvalue weighted by Gasteiger charge is 2.46. The predicted octanol–water partition coefficient (Wildman–Crippen LogP) is 3.13. The van der Waals surface area contributed by atoms with Crippen molar-refractivity contribution in [2.45, 2.75) is 26.8 Å². The smallest absolute Gasteiger partial charge is 0.355 e. The number of carbonyl (C=O) groups excluding carboxylic acids is 3. The van der Waals surface area contributed by atoms with Gasteiger partial charge in [0.15, 0.2) is 0 Å². The standard InChI is InChI=1S/C29H35N3O7/c1-5-15-39-21-9-7-20(8-10-21)25-23(26(33)22-18(3)24(30-19(22)4)29(36)38-6-2)27(34)28(35)32(25)12-11-31-13-16-37-17-14-31/h5,7-10,25,30,33H,1,6,11-17H2,2-4H3/b26-23+. The lowest BCUT2D eigenvalue weighted by molar-refractivity contribution is -0.140. The van der Waals surface area contributed by atoms with Gasteiger partial charge in [-0.1, -0.05) is 24.8 Å². The number of morpholine rings is 1. The average Bonchev–Trinajstić information content (AvgIpc) is 3.38. The number of esters is 1. The fourth-order valence-corrected chi connectivity index (χ4v) is 5.08. The lowest BCUT2D eigenvalue weighted by Gasteiger charge is -2.31. The van der Waals surface area contributed by atoms with Gasteiger partial charge in [-0.25, -0.2) is 4.79 Å². The van der Waals surface area contributed by atoms with E-state index in [0.717, 1.165) is 13.1 Å². The van der Waals surface area contributed by atoms with Crippen LogP contribution in [0.5, 0.6) is 5.75 Å². The summed E-state index contributed by atoms with van der Waals surface area (Å²) in [4.78, 5) is 45.9. The highest BCUT2D eigenvalue weighted by atomic mass is 16.5. The predicted molar refractivity (Wildman–Crippen MR) is 145 cm³/mol. The maximum Gasteiger partial charge on any atom is 0.355 e. The van der Waals surface area contributed by atoms with E-state index in [4.69, 9.17) is 14.2 Å². The highest BCUT2D eigenvalue weighted by molar-refractivity contribution is 6.46. The molecule has 4 rings (SSSR count). The first-order valence-corrected chi connectivity index (χ1v) is 13.1. The number of ketones is 1. The summed E-state index contributed by atoms with van der Waals surface area (Å²) in [5, 5.41) is 11.6. The number of benzene rings is 1. The Bertz CT molecular complexity index is 1270. The minimum atomic E-state index is -0.820. The molecule has 3 heterocycles. The molecule has 0 radical (unpaired) electrons. The molecule has 2 aromatic rings. The van der Waals surface area contributed by atoms with Crippen LogP contribution in [0.2, 0.25) is 0 Å². The molecule has 2 aliphatic rings. The number of carbonyl (C=O) groups is 3. The Kier molecular flexibility index (Phi) is 8.88. The Hall–Kier alpha value is -3.89. The highest BCUT2D eigenvalue weighted by Crippen LogP contribution is 2.41. The zero-order valence-corrected chi connectivity index (χ0v) is 22.6. The molecule has 2 saturated heterocycles. The molecule has 0 aliphatic carbocycles. The van der Waals surface area contributed by atoms with Crippen LogP contribution in [0.1, 0.15) is 45.8 Å². The summed E-state index contributed by atoms with van der Waals surface area (Å²) < 4.78 is 16.1. The van der Waals surface area contributed by atoms with Gasteiger partial charge in [0.2, 0.25) is 0 Å². The number of H-pyrrole nitrogens is 1. The van der Waals surface area contributed by atoms with Crippen molar-refractivity contribution in [3.8, 4) is 5.75 Å². The van der Waals surface area contributed by atoms with Gasteiger partial charge >= 0.3 is 5.97 Å². The second-order valence-corrected chi connectivity index (χ2v) is 9.46. The second-order valence-electron chi connectivity index (χ2n) is 9.46. The Labute approximate surface area is 227 Å². The van der Waals surface area contributed by atoms with Gasteiger partial charge in [-0.2, -0.15) is 0 Å². The van der Waals surface area contributed by atoms with E-state index in [2.05, 4.69) is 16.5 Å². The van der Waals surface area contributed by atoms with Crippen molar-refractivity contribution in [2.75, 3.05) is 52.6 Å². The van der Waals surface area contributed by atoms with E-state index in [1.807, 2.05) is 0 Å². The molecule has 208 valence electrons. The van der Waals surface area contributed by atoms with E-state index in [-0.39, 0.29) is 23.6 Å². The van der Waals surface area contributed by atoms with Gasteiger partial charge < -0.3 is 29.2 Å². The SMILES string of the molecule is C=CCOc1ccc(C2/C(=C(\O)c3c(C)[nH]c(C(=O)OCC)c3C)C(=O)C(=O)N2CCN2CCOCC2)cc1. The summed E-state index contributed by atoms with van der Waals surface area (Å²) in [5.74, 6) is -1.74. The number of hydrogen-bond acceptors (Lipinski definition) is 8. The number of likely N-dealkylation sites (tertiary alicyclic amines) is 1. The number of Topliss-reactive ketones (excluding diaryl/α,β-unsaturated/α-hetero) is 1. The minimum absolute atomic E-state index is 0.0256. The molecule has 1 atom stereocenters. The van der Waals surface area contributed by atoms with Crippen molar-refractivity contribution < 1.29 is 33.7 Å². The molecular formula is C29H35N3O7. The summed E-state index contributed by atoms with van der Waals surface area (Å²) in [6.07, 6.45) is 1.64. The number of ether oxygens (including phenoxy) is 3. The van der Waals surface area contributed by atoms with Gasteiger partial charge in [0.05, 0.1) is 31.4 Å². The lowest BCUT2D eigenvalue weighted by Crippen LogP contribution is -2.42. The van der Waals surface area contributed by atoms with Crippen molar-refractivity contribution in [3.05, 3.63) is 70.6 Å². The van der Waals surface area contributed by atoms with Crippen LogP contribution in [0.25, 0.3) is 5.76 Å². The fraction of sp³-hybridized carbons (Fsp3) is 0.414. The number of nitrogens with one attached hydrogen (secondary N) is 1. The number of aliphatic hydroxyl groups is 1. The zero-order valence-electron chi connectivity index (χ0n) is 22.6. The van der Waals surface area contributed by atoms with Crippen molar-refractivity contribution in [2.24, 2.45) is 0 Å². The first kappa shape index (κ1) is 28.1. The summed E-state index contributed by atoms with van der Waals surface area (Å²) in [6, 6.07) is 6.26. The number of nitrogens with zero attached hydrogens (tertiary/aromatic N) is 2. The number of rotatable bonds is 10. The summed E-state index contributed by atoms with van der Waals surface area (Å²) >= 11 is 0. The summed E-state index contributed by atoms with van der Waals surface area (Å²) in [7, 11) is 0. The van der Waals surface area contributed by atoms with Gasteiger partial charge in [-0.05, 0) is 44.0 Å². The molecule has 2 fully saturated rings. The molecule has 1 aromatic heterocycles. The van der Waals surface area contributed by atoms with Crippen LogP contribution in [0.3, 0.4) is 0 Å². The third kappa shape index (κ3) is 5.76. The van der Waals surface area contributed by atoms with E-state index in [9.17, 15) is 19.5 Å². The van der Waals surface area contributed by atoms with E-state index >= 15 is 0 Å². The number of aliphatic hydroxyl groups excluding tert-OH is 1. The van der Waals surface area contributed by atoms with Gasteiger partial charge in [0.25, 0.3) is 11.7 Å². The van der Waals surface area contributed by atoms with Crippen molar-refractivity contribution in [3.63, 3.8) is 0 Å². The molecule has 2 aliphatic heterocycles. The number of aromatic nitrogens is 1. The Morgan fingerprint density at radius 3 is 2.51 bits per heavy atom. The second kappa shape index (κ2) is 12.3. The number of amides is 1. The van der Waals surface area contributed by atoms with Crippen LogP contribution >= 0.6 is 0 Å². The third-order valence-corrected chi connectivity index (χ3v) is 7.02. The van der Waals surface area contributed by atoms with Crippen molar-refractivity contribution in [1.29, 1.82) is 0 Å². The van der Waals surface area contributed by atoms with E-state index in [1.165, 1.54) is 4.90 Å². The summed E-state index contributed by atoms with van der Waals surface area (Å²) in [5.41, 5.74) is 2.05. The Morgan fingerprint density at radius 1 is 1.18 bits per heavy atom. The molecule has 39 heavy (non-hydrogen) atoms. The Balaban J connectivity index is 1.77. The van der Waals surface area contributed by atoms with Gasteiger partial charge in [0.1, 0.15) is 23.8 Å². The van der Waals surface area contributed by atoms with Crippen LogP contribution in [0.4, 0.5) is 0 Å². The van der Waals surface area contributed by atoms with Crippen LogP contribution < -0.4 is 4.74 Å². The van der Waals surface area contributed by atoms with E-state index in [0.29, 0.717) is 61.0 Å². The van der Waals surface area contributed by atoms with Crippen LogP contribution in [-0.2, 0) is 19.1 Å². The molecule has 10 heteroatoms. The molecule has 2 N–H and O–H groups in total. The number of aromatic amines is 1. The zero-order chi connectivity index (χ0) is 28.1. The molecular weight excluding hydrogens is 502 g/mol. The minimum Gasteiger partial charge on any atom is -0.507 e. The normalized spacial score (nSPS) is 19.4. The molecule has 1 aromatic carbocycles. The van der Waals surface area contributed by atoms with Crippen molar-refractivity contribution in [1.82, 2.24) is 14.8 Å². The number of hydrogen-bond donors (Lipinski definition) is 2. The fourth-order valence-electron chi connectivity index (χ4n) is 5.08. The molecule has 10 nitrogen and oxygen atoms in total. The van der Waals surface area contributed by atoms with Crippen LogP contribution in [0, 0.1) is 13.8 Å². The molecule has 0 saturated carbocycles. The van der Waals surface area contributed by atoms with Gasteiger partial charge in [0, 0.05) is 37.4 Å². The Morgan fingerprint density at radius 2 is 1.87 bits per heavy atom. The average molecular weight is 538 g/mol. The van der Waals surface area contributed by atoms with Crippen LogP contribution in [0.15, 0.2) is 42.5 Å².